The molecule has 0 heterocycles. The van der Waals surface area contributed by atoms with Gasteiger partial charge in [-0.05, 0) is 59.6 Å². The molecule has 19 heteroatoms. The summed E-state index contributed by atoms with van der Waals surface area (Å²) in [5.74, 6) is -5.07. The third-order valence-electron chi connectivity index (χ3n) is 7.38. The average Bonchev–Trinajstić information content (AvgIpc) is 3.09. The fraction of sp³-hybridized carbons (Fsp3) is 0.500. The van der Waals surface area contributed by atoms with Crippen LogP contribution in [-0.2, 0) is 46.4 Å². The Hall–Kier alpha value is -5.98. The summed E-state index contributed by atoms with van der Waals surface area (Å²) in [6, 6.07) is 10.2. The molecule has 0 bridgehead atoms. The van der Waals surface area contributed by atoms with Crippen LogP contribution in [-0.4, -0.2) is 106 Å². The molecule has 0 spiro atoms. The lowest BCUT2D eigenvalue weighted by molar-refractivity contribution is -0.143. The van der Waals surface area contributed by atoms with E-state index in [1.807, 2.05) is 5.32 Å². The van der Waals surface area contributed by atoms with Gasteiger partial charge in [-0.1, -0.05) is 60.7 Å². The summed E-state index contributed by atoms with van der Waals surface area (Å²) in [6.07, 6.45) is -8.25. The summed E-state index contributed by atoms with van der Waals surface area (Å²) in [5.41, 5.74) is -0.694. The van der Waals surface area contributed by atoms with Crippen molar-refractivity contribution in [2.24, 2.45) is 0 Å². The van der Waals surface area contributed by atoms with Crippen LogP contribution < -0.4 is 31.9 Å². The highest BCUT2D eigenvalue weighted by Gasteiger charge is 2.35. The second kappa shape index (κ2) is 21.9. The number of carbonyl (C=O) groups is 7. The van der Waals surface area contributed by atoms with Crippen LogP contribution in [0.3, 0.4) is 0 Å². The lowest BCUT2D eigenvalue weighted by Crippen LogP contribution is -2.61. The van der Waals surface area contributed by atoms with E-state index in [0.717, 1.165) is 6.92 Å². The van der Waals surface area contributed by atoms with Gasteiger partial charge in [-0.15, -0.1) is 0 Å². The van der Waals surface area contributed by atoms with Crippen LogP contribution in [0.25, 0.3) is 0 Å². The van der Waals surface area contributed by atoms with Crippen LogP contribution in [0.1, 0.15) is 66.0 Å². The molecule has 314 valence electrons. The van der Waals surface area contributed by atoms with Gasteiger partial charge in [-0.2, -0.15) is 0 Å². The normalized spacial score (nSPS) is 14.5. The SMILES string of the molecule is C[C@@H](O)[C@H](NC(=O)[C@H](CC(F)NC(=O)OC(C)(C)C)NC(=O)[C@H](Cc1ccccc1)NC(=O)OCc1ccccc1)C(=O)N[C@@H](CNC(=O)OC(C)(C)C)C(=O)O. The van der Waals surface area contributed by atoms with Crippen LogP contribution in [0, 0.1) is 0 Å². The van der Waals surface area contributed by atoms with Gasteiger partial charge in [-0.3, -0.25) is 19.7 Å². The van der Waals surface area contributed by atoms with Gasteiger partial charge in [0.15, 0.2) is 6.30 Å². The molecule has 0 aliphatic rings. The zero-order chi connectivity index (χ0) is 42.9. The van der Waals surface area contributed by atoms with Crippen LogP contribution >= 0.6 is 0 Å². The molecule has 0 saturated heterocycles. The maximum Gasteiger partial charge on any atom is 0.409 e. The number of carbonyl (C=O) groups excluding carboxylic acids is 6. The van der Waals surface area contributed by atoms with Crippen LogP contribution in [0.5, 0.6) is 0 Å². The van der Waals surface area contributed by atoms with Gasteiger partial charge in [0.1, 0.15) is 42.0 Å². The van der Waals surface area contributed by atoms with Crippen molar-refractivity contribution in [2.45, 2.75) is 116 Å². The topological polar surface area (TPSA) is 260 Å². The molecule has 0 saturated carbocycles. The number of aliphatic carboxylic acids is 1. The Morgan fingerprint density at radius 2 is 1.16 bits per heavy atom. The fourth-order valence-electron chi connectivity index (χ4n) is 4.79. The molecule has 6 atom stereocenters. The van der Waals surface area contributed by atoms with E-state index in [0.29, 0.717) is 11.1 Å². The molecule has 2 rings (SSSR count). The fourth-order valence-corrected chi connectivity index (χ4v) is 4.79. The van der Waals surface area contributed by atoms with Crippen LogP contribution in [0.4, 0.5) is 18.8 Å². The first-order chi connectivity index (χ1) is 26.5. The molecule has 0 aliphatic heterocycles. The average molecular weight is 805 g/mol. The molecular weight excluding hydrogens is 751 g/mol. The van der Waals surface area contributed by atoms with E-state index in [1.54, 1.807) is 81.4 Å². The predicted octanol–water partition coefficient (Wildman–Crippen LogP) is 2.18. The van der Waals surface area contributed by atoms with Crippen molar-refractivity contribution in [2.75, 3.05) is 6.54 Å². The van der Waals surface area contributed by atoms with Crippen molar-refractivity contribution >= 4 is 42.0 Å². The van der Waals surface area contributed by atoms with Gasteiger partial charge >= 0.3 is 24.2 Å². The summed E-state index contributed by atoms with van der Waals surface area (Å²) < 4.78 is 30.8. The summed E-state index contributed by atoms with van der Waals surface area (Å²) in [4.78, 5) is 90.0. The van der Waals surface area contributed by atoms with Gasteiger partial charge in [0, 0.05) is 12.8 Å². The second-order valence-electron chi connectivity index (χ2n) is 14.9. The maximum absolute atomic E-state index is 15.4. The van der Waals surface area contributed by atoms with Crippen LogP contribution in [0.2, 0.25) is 0 Å². The third-order valence-corrected chi connectivity index (χ3v) is 7.38. The number of hydrogen-bond donors (Lipinski definition) is 8. The van der Waals surface area contributed by atoms with E-state index in [2.05, 4.69) is 26.6 Å². The Balaban J connectivity index is 2.34. The van der Waals surface area contributed by atoms with E-state index >= 15 is 4.39 Å². The summed E-state index contributed by atoms with van der Waals surface area (Å²) >= 11 is 0. The highest BCUT2D eigenvalue weighted by atomic mass is 19.1. The molecule has 0 fully saturated rings. The van der Waals surface area contributed by atoms with E-state index < -0.39 is 103 Å². The van der Waals surface area contributed by atoms with E-state index in [-0.39, 0.29) is 13.0 Å². The quantitative estimate of drug-likeness (QED) is 0.0797. The molecule has 6 amide bonds. The molecule has 8 N–H and O–H groups in total. The van der Waals surface area contributed by atoms with E-state index in [1.165, 1.54) is 20.8 Å². The molecule has 18 nitrogen and oxygen atoms in total. The highest BCUT2D eigenvalue weighted by molar-refractivity contribution is 5.95. The Labute approximate surface area is 330 Å². The van der Waals surface area contributed by atoms with Crippen molar-refractivity contribution in [3.63, 3.8) is 0 Å². The number of benzene rings is 2. The smallest absolute Gasteiger partial charge is 0.409 e. The minimum absolute atomic E-state index is 0.122. The third kappa shape index (κ3) is 18.9. The number of aliphatic hydroxyl groups excluding tert-OH is 1. The molecule has 0 radical (unpaired) electrons. The minimum atomic E-state index is -2.33. The molecule has 57 heavy (non-hydrogen) atoms. The molecule has 1 unspecified atom stereocenters. The second-order valence-corrected chi connectivity index (χ2v) is 14.9. The summed E-state index contributed by atoms with van der Waals surface area (Å²) in [7, 11) is 0. The number of rotatable bonds is 18. The Morgan fingerprint density at radius 1 is 0.649 bits per heavy atom. The van der Waals surface area contributed by atoms with Crippen molar-refractivity contribution < 1.29 is 62.4 Å². The number of alkyl carbamates (subject to hydrolysis) is 3. The number of alkyl halides is 1. The molecular formula is C38H53FN6O12. The number of nitrogens with one attached hydrogen (secondary N) is 6. The van der Waals surface area contributed by atoms with Crippen molar-refractivity contribution in [3.8, 4) is 0 Å². The minimum Gasteiger partial charge on any atom is -0.480 e. The van der Waals surface area contributed by atoms with Crippen molar-refractivity contribution in [3.05, 3.63) is 71.8 Å². The van der Waals surface area contributed by atoms with Gasteiger partial charge in [0.2, 0.25) is 17.7 Å². The number of aliphatic hydroxyl groups is 1. The molecule has 0 aromatic heterocycles. The Bertz CT molecular complexity index is 1670. The van der Waals surface area contributed by atoms with Gasteiger partial charge < -0.3 is 51.0 Å². The summed E-state index contributed by atoms with van der Waals surface area (Å²) in [6.45, 7) is 9.63. The number of hydrogen-bond acceptors (Lipinski definition) is 11. The lowest BCUT2D eigenvalue weighted by Gasteiger charge is -2.28. The lowest BCUT2D eigenvalue weighted by atomic mass is 10.0. The first-order valence-electron chi connectivity index (χ1n) is 18.0. The van der Waals surface area contributed by atoms with E-state index in [9.17, 15) is 43.8 Å². The van der Waals surface area contributed by atoms with Crippen LogP contribution in [0.15, 0.2) is 60.7 Å². The van der Waals surface area contributed by atoms with Crippen molar-refractivity contribution in [1.82, 2.24) is 31.9 Å². The standard InChI is InChI=1S/C38H53FN6O12/c1-22(46)29(32(49)42-27(33(50)51)20-40-34(52)56-37(2,3)4)45-31(48)26(19-28(39)44-36(54)57-38(5,6)7)41-30(47)25(18-23-14-10-8-11-15-23)43-35(53)55-21-24-16-12-9-13-17-24/h8-17,22,25-29,46H,18-21H2,1-7H3,(H,40,52)(H,41,47)(H,42,49)(H,43,53)(H,44,54)(H,45,48)(H,50,51)/t22-,25+,26+,27+,28?,29+/m1/s1. The van der Waals surface area contributed by atoms with Gasteiger partial charge in [0.05, 0.1) is 12.6 Å². The highest BCUT2D eigenvalue weighted by Crippen LogP contribution is 2.11. The first kappa shape index (κ1) is 47.2. The number of ether oxygens (including phenoxy) is 3. The van der Waals surface area contributed by atoms with Gasteiger partial charge in [-0.25, -0.2) is 23.6 Å². The summed E-state index contributed by atoms with van der Waals surface area (Å²) in [5, 5.41) is 33.3. The molecule has 2 aromatic carbocycles. The van der Waals surface area contributed by atoms with Gasteiger partial charge in [0.25, 0.3) is 0 Å². The monoisotopic (exact) mass is 804 g/mol. The zero-order valence-corrected chi connectivity index (χ0v) is 32.9. The number of carboxylic acid groups (broad SMARTS) is 1. The Morgan fingerprint density at radius 3 is 1.68 bits per heavy atom. The predicted molar refractivity (Wildman–Crippen MR) is 202 cm³/mol. The molecule has 0 aliphatic carbocycles. The largest absolute Gasteiger partial charge is 0.480 e. The number of amides is 6. The Kier molecular flexibility index (Phi) is 18.2. The maximum atomic E-state index is 15.4. The van der Waals surface area contributed by atoms with Crippen molar-refractivity contribution in [1.29, 1.82) is 0 Å². The number of carboxylic acids is 1. The molecule has 2 aromatic rings. The zero-order valence-electron chi connectivity index (χ0n) is 32.9. The number of halogens is 1. The first-order valence-corrected chi connectivity index (χ1v) is 18.0. The van der Waals surface area contributed by atoms with E-state index in [4.69, 9.17) is 14.2 Å².